The van der Waals surface area contributed by atoms with Crippen molar-refractivity contribution in [3.8, 4) is 0 Å². The summed E-state index contributed by atoms with van der Waals surface area (Å²) in [5.74, 6) is -0.861. The maximum atomic E-state index is 12.3. The topological polar surface area (TPSA) is 78.4 Å². The Kier molecular flexibility index (Phi) is 6.61. The van der Waals surface area contributed by atoms with Crippen molar-refractivity contribution in [1.29, 1.82) is 0 Å². The quantitative estimate of drug-likeness (QED) is 0.713. The number of aliphatic carboxylic acids is 1. The van der Waals surface area contributed by atoms with Crippen LogP contribution in [0.5, 0.6) is 0 Å². The molecule has 3 N–H and O–H groups in total. The van der Waals surface area contributed by atoms with Crippen LogP contribution in [0.2, 0.25) is 0 Å². The zero-order chi connectivity index (χ0) is 17.6. The third-order valence-electron chi connectivity index (χ3n) is 3.86. The maximum Gasteiger partial charge on any atom is 0.319 e. The molecule has 0 aromatic heterocycles. The number of carboxylic acids is 1. The average Bonchev–Trinajstić information content (AvgIpc) is 2.46. The molecule has 0 spiro atoms. The Morgan fingerprint density at radius 1 is 1.13 bits per heavy atom. The molecule has 23 heavy (non-hydrogen) atoms. The van der Waals surface area contributed by atoms with E-state index in [1.165, 1.54) is 5.56 Å². The number of amides is 2. The number of carbonyl (C=O) groups excluding carboxylic acids is 1. The predicted molar refractivity (Wildman–Crippen MR) is 93.0 cm³/mol. The van der Waals surface area contributed by atoms with Crippen LogP contribution in [0.15, 0.2) is 12.1 Å². The summed E-state index contributed by atoms with van der Waals surface area (Å²) >= 11 is 0. The van der Waals surface area contributed by atoms with E-state index in [9.17, 15) is 9.59 Å². The van der Waals surface area contributed by atoms with Crippen molar-refractivity contribution < 1.29 is 14.7 Å². The summed E-state index contributed by atoms with van der Waals surface area (Å²) in [5.41, 5.74) is 3.70. The van der Waals surface area contributed by atoms with E-state index in [1.54, 1.807) is 0 Å². The zero-order valence-corrected chi connectivity index (χ0v) is 14.7. The molecule has 2 amide bonds. The maximum absolute atomic E-state index is 12.3. The first-order chi connectivity index (χ1) is 10.7. The highest BCUT2D eigenvalue weighted by atomic mass is 16.4. The number of hydrogen-bond acceptors (Lipinski definition) is 2. The second-order valence-electron chi connectivity index (χ2n) is 6.52. The molecule has 1 aromatic rings. The summed E-state index contributed by atoms with van der Waals surface area (Å²) in [5, 5.41) is 14.6. The molecular formula is C18H28N2O3. The number of carboxylic acid groups (broad SMARTS) is 1. The van der Waals surface area contributed by atoms with E-state index in [1.807, 2.05) is 13.8 Å². The van der Waals surface area contributed by atoms with E-state index in [4.69, 9.17) is 5.11 Å². The number of rotatable bonds is 7. The highest BCUT2D eigenvalue weighted by molar-refractivity contribution is 5.91. The zero-order valence-electron chi connectivity index (χ0n) is 14.7. The molecule has 1 rings (SSSR count). The fraction of sp³-hybridized carbons (Fsp3) is 0.556. The molecule has 0 radical (unpaired) electrons. The van der Waals surface area contributed by atoms with Crippen LogP contribution in [0.3, 0.4) is 0 Å². The molecule has 1 aromatic carbocycles. The summed E-state index contributed by atoms with van der Waals surface area (Å²) in [6.45, 7) is 9.83. The predicted octanol–water partition coefficient (Wildman–Crippen LogP) is 3.88. The van der Waals surface area contributed by atoms with Crippen molar-refractivity contribution in [2.45, 2.75) is 65.8 Å². The van der Waals surface area contributed by atoms with Crippen LogP contribution >= 0.6 is 0 Å². The van der Waals surface area contributed by atoms with Gasteiger partial charge in [-0.2, -0.15) is 0 Å². The molecule has 0 atom stereocenters. The molecular weight excluding hydrogens is 292 g/mol. The Balaban J connectivity index is 2.87. The van der Waals surface area contributed by atoms with Crippen molar-refractivity contribution in [3.63, 3.8) is 0 Å². The highest BCUT2D eigenvalue weighted by Crippen LogP contribution is 2.25. The Morgan fingerprint density at radius 3 is 2.09 bits per heavy atom. The van der Waals surface area contributed by atoms with E-state index < -0.39 is 11.5 Å². The monoisotopic (exact) mass is 320 g/mol. The van der Waals surface area contributed by atoms with Gasteiger partial charge < -0.3 is 15.7 Å². The lowest BCUT2D eigenvalue weighted by molar-refractivity contribution is -0.137. The molecule has 128 valence electrons. The van der Waals surface area contributed by atoms with Crippen molar-refractivity contribution in [2.24, 2.45) is 0 Å². The fourth-order valence-electron chi connectivity index (χ4n) is 2.59. The van der Waals surface area contributed by atoms with Gasteiger partial charge in [0.15, 0.2) is 0 Å². The van der Waals surface area contributed by atoms with Crippen LogP contribution in [0, 0.1) is 6.92 Å². The first-order valence-corrected chi connectivity index (χ1v) is 8.11. The number of urea groups is 1. The molecule has 0 aliphatic rings. The first kappa shape index (κ1) is 19.0. The molecule has 0 saturated heterocycles. The fourth-order valence-corrected chi connectivity index (χ4v) is 2.59. The third-order valence-corrected chi connectivity index (χ3v) is 3.86. The van der Waals surface area contributed by atoms with Crippen LogP contribution in [-0.2, 0) is 17.6 Å². The number of benzene rings is 1. The van der Waals surface area contributed by atoms with Crippen LogP contribution < -0.4 is 10.6 Å². The Hall–Kier alpha value is -2.04. The lowest BCUT2D eigenvalue weighted by Crippen LogP contribution is -2.46. The standard InChI is InChI=1S/C18H28N2O3/c1-6-13-10-12(3)11-14(7-2)16(13)19-17(23)20-18(4,5)9-8-15(21)22/h10-11H,6-9H2,1-5H3,(H,21,22)(H2,19,20,23). The summed E-state index contributed by atoms with van der Waals surface area (Å²) in [6, 6.07) is 3.88. The minimum atomic E-state index is -0.861. The Labute approximate surface area is 138 Å². The summed E-state index contributed by atoms with van der Waals surface area (Å²) in [6.07, 6.45) is 2.09. The molecule has 5 nitrogen and oxygen atoms in total. The van der Waals surface area contributed by atoms with E-state index in [2.05, 4.69) is 43.5 Å². The third kappa shape index (κ3) is 5.93. The first-order valence-electron chi connectivity index (χ1n) is 8.11. The minimum Gasteiger partial charge on any atom is -0.481 e. The minimum absolute atomic E-state index is 0.0260. The van der Waals surface area contributed by atoms with Crippen LogP contribution in [0.1, 0.15) is 57.2 Å². The largest absolute Gasteiger partial charge is 0.481 e. The number of nitrogens with one attached hydrogen (secondary N) is 2. The normalized spacial score (nSPS) is 11.2. The van der Waals surface area contributed by atoms with E-state index in [0.717, 1.165) is 29.7 Å². The SMILES string of the molecule is CCc1cc(C)cc(CC)c1NC(=O)NC(C)(C)CCC(=O)O. The van der Waals surface area contributed by atoms with Gasteiger partial charge in [-0.05, 0) is 51.2 Å². The van der Waals surface area contributed by atoms with Gasteiger partial charge in [0.2, 0.25) is 0 Å². The highest BCUT2D eigenvalue weighted by Gasteiger charge is 2.22. The van der Waals surface area contributed by atoms with Gasteiger partial charge >= 0.3 is 12.0 Å². The summed E-state index contributed by atoms with van der Waals surface area (Å²) in [7, 11) is 0. The summed E-state index contributed by atoms with van der Waals surface area (Å²) in [4.78, 5) is 23.0. The van der Waals surface area contributed by atoms with Gasteiger partial charge in [0.25, 0.3) is 0 Å². The van der Waals surface area contributed by atoms with E-state index in [-0.39, 0.29) is 12.5 Å². The van der Waals surface area contributed by atoms with Gasteiger partial charge in [-0.1, -0.05) is 31.5 Å². The van der Waals surface area contributed by atoms with Crippen LogP contribution in [-0.4, -0.2) is 22.6 Å². The van der Waals surface area contributed by atoms with Gasteiger partial charge in [-0.3, -0.25) is 4.79 Å². The molecule has 0 aliphatic heterocycles. The number of aryl methyl sites for hydroxylation is 3. The number of carbonyl (C=O) groups is 2. The number of anilines is 1. The molecule has 0 fully saturated rings. The van der Waals surface area contributed by atoms with Gasteiger partial charge in [0.1, 0.15) is 0 Å². The lowest BCUT2D eigenvalue weighted by Gasteiger charge is -2.26. The van der Waals surface area contributed by atoms with Crippen molar-refractivity contribution in [3.05, 3.63) is 28.8 Å². The van der Waals surface area contributed by atoms with Crippen LogP contribution in [0.4, 0.5) is 10.5 Å². The molecule has 0 saturated carbocycles. The Morgan fingerprint density at radius 2 is 1.65 bits per heavy atom. The van der Waals surface area contributed by atoms with E-state index >= 15 is 0 Å². The van der Waals surface area contributed by atoms with Gasteiger partial charge in [0.05, 0.1) is 0 Å². The lowest BCUT2D eigenvalue weighted by atomic mass is 9.98. The second kappa shape index (κ2) is 7.99. The van der Waals surface area contributed by atoms with Crippen molar-refractivity contribution >= 4 is 17.7 Å². The second-order valence-corrected chi connectivity index (χ2v) is 6.52. The molecule has 0 heterocycles. The van der Waals surface area contributed by atoms with Gasteiger partial charge in [0, 0.05) is 17.6 Å². The summed E-state index contributed by atoms with van der Waals surface area (Å²) < 4.78 is 0. The number of hydrogen-bond donors (Lipinski definition) is 3. The van der Waals surface area contributed by atoms with Gasteiger partial charge in [-0.15, -0.1) is 0 Å². The molecule has 0 unspecified atom stereocenters. The molecule has 0 bridgehead atoms. The molecule has 0 aliphatic carbocycles. The molecule has 5 heteroatoms. The smallest absolute Gasteiger partial charge is 0.319 e. The van der Waals surface area contributed by atoms with Crippen LogP contribution in [0.25, 0.3) is 0 Å². The average molecular weight is 320 g/mol. The van der Waals surface area contributed by atoms with Crippen molar-refractivity contribution in [2.75, 3.05) is 5.32 Å². The Bertz CT molecular complexity index is 555. The van der Waals surface area contributed by atoms with Gasteiger partial charge in [-0.25, -0.2) is 4.79 Å². The van der Waals surface area contributed by atoms with Crippen molar-refractivity contribution in [1.82, 2.24) is 5.32 Å². The van der Waals surface area contributed by atoms with E-state index in [0.29, 0.717) is 6.42 Å².